The molecule has 12 heavy (non-hydrogen) atoms. The molecule has 6 heteroatoms. The van der Waals surface area contributed by atoms with Crippen molar-refractivity contribution < 1.29 is 25.2 Å². The van der Waals surface area contributed by atoms with Gasteiger partial charge in [0.15, 0.2) is 6.29 Å². The summed E-state index contributed by atoms with van der Waals surface area (Å²) in [5.74, 6) is 0. The number of rotatable bonds is 5. The van der Waals surface area contributed by atoms with Gasteiger partial charge in [-0.05, 0) is 0 Å². The van der Waals surface area contributed by atoms with Crippen molar-refractivity contribution in [1.82, 2.24) is 0 Å². The van der Waals surface area contributed by atoms with E-state index in [1.807, 2.05) is 0 Å². The molecular formula is C6H13NO5. The first-order chi connectivity index (χ1) is 5.54. The molecule has 0 radical (unpaired) electrons. The predicted molar refractivity (Wildman–Crippen MR) is 39.1 cm³/mol. The largest absolute Gasteiger partial charge is 0.389 e. The Morgan fingerprint density at radius 1 is 1.17 bits per heavy atom. The second-order valence-corrected chi connectivity index (χ2v) is 2.41. The molecule has 0 bridgehead atoms. The maximum atomic E-state index is 9.93. The van der Waals surface area contributed by atoms with E-state index in [1.165, 1.54) is 0 Å². The minimum atomic E-state index is -1.71. The van der Waals surface area contributed by atoms with Crippen molar-refractivity contribution in [2.45, 2.75) is 24.4 Å². The summed E-state index contributed by atoms with van der Waals surface area (Å²) in [5, 5.41) is 35.5. The third-order valence-electron chi connectivity index (χ3n) is 1.47. The van der Waals surface area contributed by atoms with Crippen molar-refractivity contribution in [3.05, 3.63) is 0 Å². The number of aliphatic hydroxyl groups is 4. The number of carbonyl (C=O) groups excluding carboxylic acids is 1. The molecule has 0 aromatic rings. The smallest absolute Gasteiger partial charge is 0.151 e. The molecular weight excluding hydrogens is 166 g/mol. The van der Waals surface area contributed by atoms with Crippen LogP contribution in [0, 0.1) is 0 Å². The molecule has 0 saturated heterocycles. The topological polar surface area (TPSA) is 124 Å². The quantitative estimate of drug-likeness (QED) is 0.280. The molecule has 0 unspecified atom stereocenters. The lowest BCUT2D eigenvalue weighted by Crippen LogP contribution is -2.47. The minimum absolute atomic E-state index is 0.0666. The molecule has 0 saturated carbocycles. The number of aliphatic hydroxyl groups excluding tert-OH is 4. The van der Waals surface area contributed by atoms with Gasteiger partial charge in [0.2, 0.25) is 0 Å². The van der Waals surface area contributed by atoms with Crippen LogP contribution in [0.2, 0.25) is 0 Å². The zero-order chi connectivity index (χ0) is 9.72. The highest BCUT2D eigenvalue weighted by atomic mass is 16.4. The molecule has 0 aliphatic heterocycles. The van der Waals surface area contributed by atoms with Crippen LogP contribution < -0.4 is 5.73 Å². The van der Waals surface area contributed by atoms with Gasteiger partial charge in [-0.2, -0.15) is 0 Å². The minimum Gasteiger partial charge on any atom is -0.389 e. The van der Waals surface area contributed by atoms with E-state index in [1.54, 1.807) is 0 Å². The summed E-state index contributed by atoms with van der Waals surface area (Å²) in [6.07, 6.45) is -6.32. The second-order valence-electron chi connectivity index (χ2n) is 2.41. The number of carbonyl (C=O) groups is 1. The van der Waals surface area contributed by atoms with Gasteiger partial charge < -0.3 is 31.0 Å². The van der Waals surface area contributed by atoms with E-state index in [0.717, 1.165) is 0 Å². The molecule has 4 atom stereocenters. The number of nitrogens with two attached hydrogens (primary N) is 1. The Hall–Kier alpha value is -0.530. The first kappa shape index (κ1) is 11.5. The molecule has 6 N–H and O–H groups in total. The van der Waals surface area contributed by atoms with Crippen LogP contribution in [0.25, 0.3) is 0 Å². The lowest BCUT2D eigenvalue weighted by Gasteiger charge is -2.22. The van der Waals surface area contributed by atoms with E-state index in [4.69, 9.17) is 26.2 Å². The molecule has 0 aliphatic rings. The summed E-state index contributed by atoms with van der Waals surface area (Å²) >= 11 is 0. The second kappa shape index (κ2) is 5.18. The Balaban J connectivity index is 4.07. The van der Waals surface area contributed by atoms with Gasteiger partial charge in [-0.25, -0.2) is 0 Å². The zero-order valence-electron chi connectivity index (χ0n) is 6.37. The Bertz CT molecular complexity index is 142. The third kappa shape index (κ3) is 2.84. The van der Waals surface area contributed by atoms with Gasteiger partial charge in [-0.15, -0.1) is 0 Å². The molecule has 0 heterocycles. The van der Waals surface area contributed by atoms with Crippen molar-refractivity contribution in [2.24, 2.45) is 5.73 Å². The molecule has 0 fully saturated rings. The van der Waals surface area contributed by atoms with Crippen molar-refractivity contribution in [3.63, 3.8) is 0 Å². The van der Waals surface area contributed by atoms with Crippen molar-refractivity contribution in [2.75, 3.05) is 6.54 Å². The van der Waals surface area contributed by atoms with Crippen LogP contribution in [0.15, 0.2) is 0 Å². The highest BCUT2D eigenvalue weighted by Gasteiger charge is 2.29. The van der Waals surface area contributed by atoms with Gasteiger partial charge in [0.25, 0.3) is 0 Å². The summed E-state index contributed by atoms with van der Waals surface area (Å²) in [7, 11) is 0. The summed E-state index contributed by atoms with van der Waals surface area (Å²) < 4.78 is 0. The molecule has 0 spiro atoms. The van der Waals surface area contributed by atoms with E-state index in [-0.39, 0.29) is 12.8 Å². The number of aldehydes is 1. The van der Waals surface area contributed by atoms with Gasteiger partial charge in [-0.1, -0.05) is 0 Å². The van der Waals surface area contributed by atoms with Crippen molar-refractivity contribution in [3.8, 4) is 0 Å². The van der Waals surface area contributed by atoms with Gasteiger partial charge in [-0.3, -0.25) is 0 Å². The van der Waals surface area contributed by atoms with E-state index in [2.05, 4.69) is 0 Å². The van der Waals surface area contributed by atoms with E-state index >= 15 is 0 Å². The zero-order valence-corrected chi connectivity index (χ0v) is 6.37. The fourth-order valence-corrected chi connectivity index (χ4v) is 0.650. The Morgan fingerprint density at radius 3 is 2.00 bits per heavy atom. The van der Waals surface area contributed by atoms with Gasteiger partial charge in [0, 0.05) is 6.54 Å². The normalized spacial score (nSPS) is 21.1. The summed E-state index contributed by atoms with van der Waals surface area (Å²) in [4.78, 5) is 9.93. The summed E-state index contributed by atoms with van der Waals surface area (Å²) in [6, 6.07) is 0. The van der Waals surface area contributed by atoms with Crippen LogP contribution in [0.1, 0.15) is 0 Å². The highest BCUT2D eigenvalue weighted by molar-refractivity contribution is 5.56. The molecule has 6 nitrogen and oxygen atoms in total. The molecule has 0 amide bonds. The van der Waals surface area contributed by atoms with Crippen LogP contribution in [0.4, 0.5) is 0 Å². The SMILES string of the molecule is NC[C@@H](O)[C@H](O)[C@H](O)[C@H](O)C=O. The average molecular weight is 179 g/mol. The Kier molecular flexibility index (Phi) is 4.95. The van der Waals surface area contributed by atoms with Crippen molar-refractivity contribution in [1.29, 1.82) is 0 Å². The molecule has 0 aromatic heterocycles. The first-order valence-electron chi connectivity index (χ1n) is 3.42. The molecule has 72 valence electrons. The Morgan fingerprint density at radius 2 is 1.67 bits per heavy atom. The standard InChI is InChI=1S/C6H13NO5/c7-1-3(9)5(11)6(12)4(10)2-8/h2-6,9-12H,1,7H2/t3-,4-,5+,6-/m1/s1. The Labute approximate surface area is 69.2 Å². The summed E-state index contributed by atoms with van der Waals surface area (Å²) in [6.45, 7) is -0.260. The van der Waals surface area contributed by atoms with Crippen LogP contribution >= 0.6 is 0 Å². The van der Waals surface area contributed by atoms with Crippen LogP contribution in [0.3, 0.4) is 0 Å². The fourth-order valence-electron chi connectivity index (χ4n) is 0.650. The average Bonchev–Trinajstić information content (AvgIpc) is 2.12. The highest BCUT2D eigenvalue weighted by Crippen LogP contribution is 2.02. The predicted octanol–water partition coefficient (Wildman–Crippen LogP) is -3.41. The first-order valence-corrected chi connectivity index (χ1v) is 3.42. The van der Waals surface area contributed by atoms with E-state index in [0.29, 0.717) is 0 Å². The maximum absolute atomic E-state index is 9.93. The van der Waals surface area contributed by atoms with Crippen molar-refractivity contribution >= 4 is 6.29 Å². The number of hydrogen-bond donors (Lipinski definition) is 5. The molecule has 0 aliphatic carbocycles. The van der Waals surface area contributed by atoms with Crippen LogP contribution in [0.5, 0.6) is 0 Å². The molecule has 0 rings (SSSR count). The summed E-state index contributed by atoms with van der Waals surface area (Å²) in [5.41, 5.74) is 4.96. The lowest BCUT2D eigenvalue weighted by molar-refractivity contribution is -0.132. The lowest BCUT2D eigenvalue weighted by atomic mass is 10.0. The third-order valence-corrected chi connectivity index (χ3v) is 1.47. The van der Waals surface area contributed by atoms with Gasteiger partial charge >= 0.3 is 0 Å². The fraction of sp³-hybridized carbons (Fsp3) is 0.833. The monoisotopic (exact) mass is 179 g/mol. The maximum Gasteiger partial charge on any atom is 0.151 e. The number of hydrogen-bond acceptors (Lipinski definition) is 6. The van der Waals surface area contributed by atoms with E-state index in [9.17, 15) is 4.79 Å². The van der Waals surface area contributed by atoms with E-state index < -0.39 is 24.4 Å². The van der Waals surface area contributed by atoms with Crippen LogP contribution in [-0.4, -0.2) is 57.7 Å². The molecule has 0 aromatic carbocycles. The van der Waals surface area contributed by atoms with Gasteiger partial charge in [0.05, 0.1) is 6.10 Å². The van der Waals surface area contributed by atoms with Gasteiger partial charge in [0.1, 0.15) is 18.3 Å². The van der Waals surface area contributed by atoms with Crippen LogP contribution in [-0.2, 0) is 4.79 Å².